The molecule has 1 N–H and O–H groups in total. The molecule has 0 atom stereocenters. The van der Waals surface area contributed by atoms with Crippen molar-refractivity contribution in [3.63, 3.8) is 0 Å². The molecule has 1 aromatic heterocycles. The van der Waals surface area contributed by atoms with Gasteiger partial charge < -0.3 is 5.32 Å². The molecule has 0 unspecified atom stereocenters. The molecule has 1 heterocycles. The van der Waals surface area contributed by atoms with Crippen LogP contribution in [0.2, 0.25) is 5.28 Å². The van der Waals surface area contributed by atoms with Crippen LogP contribution in [0.5, 0.6) is 0 Å². The van der Waals surface area contributed by atoms with E-state index in [1.54, 1.807) is 0 Å². The summed E-state index contributed by atoms with van der Waals surface area (Å²) in [4.78, 5) is 7.42. The third-order valence-electron chi connectivity index (χ3n) is 3.70. The number of nitrogens with one attached hydrogen (secondary N) is 1. The van der Waals surface area contributed by atoms with Crippen LogP contribution in [-0.2, 0) is 0 Å². The Labute approximate surface area is 112 Å². The van der Waals surface area contributed by atoms with Crippen molar-refractivity contribution < 1.29 is 4.39 Å². The number of nitrogens with zero attached hydrogens (tertiary/aromatic N) is 2. The Morgan fingerprint density at radius 3 is 2.83 bits per heavy atom. The highest BCUT2D eigenvalue weighted by molar-refractivity contribution is 6.28. The minimum Gasteiger partial charge on any atom is -0.367 e. The second kappa shape index (κ2) is 6.32. The van der Waals surface area contributed by atoms with E-state index >= 15 is 0 Å². The number of halogens is 2. The van der Waals surface area contributed by atoms with Gasteiger partial charge in [-0.15, -0.1) is 0 Å². The summed E-state index contributed by atoms with van der Waals surface area (Å²) in [7, 11) is 0. The molecule has 1 aliphatic rings. The summed E-state index contributed by atoms with van der Waals surface area (Å²) in [6.45, 7) is 3.05. The smallest absolute Gasteiger partial charge is 0.224 e. The highest BCUT2D eigenvalue weighted by atomic mass is 35.5. The fourth-order valence-corrected chi connectivity index (χ4v) is 2.62. The number of hydrogen-bond acceptors (Lipinski definition) is 3. The third kappa shape index (κ3) is 3.80. The molecule has 0 radical (unpaired) electrons. The maximum Gasteiger partial charge on any atom is 0.224 e. The molecule has 2 rings (SSSR count). The van der Waals surface area contributed by atoms with Crippen LogP contribution in [0.25, 0.3) is 0 Å². The first-order chi connectivity index (χ1) is 8.65. The number of anilines is 1. The van der Waals surface area contributed by atoms with Gasteiger partial charge in [0.15, 0.2) is 11.6 Å². The Bertz CT molecular complexity index is 392. The van der Waals surface area contributed by atoms with E-state index in [-0.39, 0.29) is 11.1 Å². The number of rotatable bonds is 4. The summed E-state index contributed by atoms with van der Waals surface area (Å²) in [6, 6.07) is 0. The molecule has 0 aliphatic heterocycles. The van der Waals surface area contributed by atoms with E-state index < -0.39 is 5.82 Å². The Morgan fingerprint density at radius 2 is 2.11 bits per heavy atom. The van der Waals surface area contributed by atoms with E-state index in [2.05, 4.69) is 22.2 Å². The Morgan fingerprint density at radius 1 is 1.39 bits per heavy atom. The van der Waals surface area contributed by atoms with E-state index in [0.29, 0.717) is 0 Å². The van der Waals surface area contributed by atoms with E-state index in [0.717, 1.165) is 31.0 Å². The predicted octanol–water partition coefficient (Wildman–Crippen LogP) is 3.90. The zero-order chi connectivity index (χ0) is 13.0. The highest BCUT2D eigenvalue weighted by Crippen LogP contribution is 2.30. The molecule has 0 aromatic carbocycles. The van der Waals surface area contributed by atoms with Crippen LogP contribution in [0.1, 0.15) is 39.0 Å². The summed E-state index contributed by atoms with van der Waals surface area (Å²) in [5.74, 6) is 1.39. The molecule has 18 heavy (non-hydrogen) atoms. The van der Waals surface area contributed by atoms with Crippen LogP contribution in [-0.4, -0.2) is 16.5 Å². The maximum atomic E-state index is 13.3. The van der Waals surface area contributed by atoms with E-state index in [1.165, 1.54) is 25.7 Å². The second-order valence-electron chi connectivity index (χ2n) is 5.18. The van der Waals surface area contributed by atoms with E-state index in [1.807, 2.05) is 0 Å². The summed E-state index contributed by atoms with van der Waals surface area (Å²) in [6.07, 6.45) is 7.37. The molecule has 1 fully saturated rings. The van der Waals surface area contributed by atoms with Gasteiger partial charge in [0.05, 0.1) is 6.20 Å². The molecule has 100 valence electrons. The lowest BCUT2D eigenvalue weighted by atomic mass is 9.81. The van der Waals surface area contributed by atoms with Gasteiger partial charge in [-0.25, -0.2) is 9.37 Å². The van der Waals surface area contributed by atoms with Crippen molar-refractivity contribution in [2.24, 2.45) is 11.8 Å². The topological polar surface area (TPSA) is 37.8 Å². The van der Waals surface area contributed by atoms with Gasteiger partial charge in [-0.3, -0.25) is 0 Å². The zero-order valence-electron chi connectivity index (χ0n) is 10.6. The van der Waals surface area contributed by atoms with Gasteiger partial charge in [0.25, 0.3) is 0 Å². The van der Waals surface area contributed by atoms with Gasteiger partial charge in [0.2, 0.25) is 5.28 Å². The molecule has 5 heteroatoms. The van der Waals surface area contributed by atoms with Gasteiger partial charge in [-0.1, -0.05) is 32.6 Å². The second-order valence-corrected chi connectivity index (χ2v) is 5.51. The molecule has 0 spiro atoms. The third-order valence-corrected chi connectivity index (χ3v) is 3.88. The largest absolute Gasteiger partial charge is 0.367 e. The standard InChI is InChI=1S/C13H19ClFN3/c1-9-2-4-10(5-3-9)6-7-16-12-11(15)8-17-13(14)18-12/h8-10H,2-7H2,1H3,(H,16,17,18). The molecular formula is C13H19ClFN3. The van der Waals surface area contributed by atoms with Crippen LogP contribution in [0.15, 0.2) is 6.20 Å². The van der Waals surface area contributed by atoms with Crippen LogP contribution in [0, 0.1) is 17.7 Å². The normalized spacial score (nSPS) is 23.9. The SMILES string of the molecule is CC1CCC(CCNc2nc(Cl)ncc2F)CC1. The fourth-order valence-electron chi connectivity index (χ4n) is 2.48. The molecule has 0 saturated heterocycles. The first-order valence-corrected chi connectivity index (χ1v) is 6.95. The molecule has 0 amide bonds. The molecule has 1 aliphatic carbocycles. The maximum absolute atomic E-state index is 13.3. The number of aromatic nitrogens is 2. The fraction of sp³-hybridized carbons (Fsp3) is 0.692. The molecule has 1 saturated carbocycles. The van der Waals surface area contributed by atoms with Crippen LogP contribution in [0.4, 0.5) is 10.2 Å². The molecule has 1 aromatic rings. The van der Waals surface area contributed by atoms with Crippen molar-refractivity contribution >= 4 is 17.4 Å². The lowest BCUT2D eigenvalue weighted by molar-refractivity contribution is 0.282. The quantitative estimate of drug-likeness (QED) is 0.844. The Hall–Kier alpha value is -0.900. The summed E-state index contributed by atoms with van der Waals surface area (Å²) < 4.78 is 13.3. The highest BCUT2D eigenvalue weighted by Gasteiger charge is 2.17. The summed E-state index contributed by atoms with van der Waals surface area (Å²) in [5, 5.41) is 3.08. The first kappa shape index (κ1) is 13.5. The molecule has 0 bridgehead atoms. The predicted molar refractivity (Wildman–Crippen MR) is 71.2 cm³/mol. The van der Waals surface area contributed by atoms with Crippen molar-refractivity contribution in [1.29, 1.82) is 0 Å². The summed E-state index contributed by atoms with van der Waals surface area (Å²) in [5.41, 5.74) is 0. The average molecular weight is 272 g/mol. The van der Waals surface area contributed by atoms with Gasteiger partial charge in [-0.2, -0.15) is 4.98 Å². The minimum atomic E-state index is -0.448. The van der Waals surface area contributed by atoms with Crippen molar-refractivity contribution in [2.75, 3.05) is 11.9 Å². The Balaban J connectivity index is 1.76. The average Bonchev–Trinajstić information content (AvgIpc) is 2.36. The van der Waals surface area contributed by atoms with E-state index in [4.69, 9.17) is 11.6 Å². The molecular weight excluding hydrogens is 253 g/mol. The Kier molecular flexibility index (Phi) is 4.75. The van der Waals surface area contributed by atoms with Crippen LogP contribution in [0.3, 0.4) is 0 Å². The van der Waals surface area contributed by atoms with Crippen LogP contribution < -0.4 is 5.32 Å². The van der Waals surface area contributed by atoms with Gasteiger partial charge >= 0.3 is 0 Å². The van der Waals surface area contributed by atoms with Crippen molar-refractivity contribution in [2.45, 2.75) is 39.0 Å². The van der Waals surface area contributed by atoms with Crippen molar-refractivity contribution in [3.8, 4) is 0 Å². The van der Waals surface area contributed by atoms with E-state index in [9.17, 15) is 4.39 Å². The lowest BCUT2D eigenvalue weighted by Gasteiger charge is -2.26. The summed E-state index contributed by atoms with van der Waals surface area (Å²) >= 11 is 5.63. The van der Waals surface area contributed by atoms with Gasteiger partial charge in [0.1, 0.15) is 0 Å². The van der Waals surface area contributed by atoms with Gasteiger partial charge in [0, 0.05) is 6.54 Å². The van der Waals surface area contributed by atoms with Gasteiger partial charge in [-0.05, 0) is 29.9 Å². The van der Waals surface area contributed by atoms with Crippen LogP contribution >= 0.6 is 11.6 Å². The lowest BCUT2D eigenvalue weighted by Crippen LogP contribution is -2.16. The monoisotopic (exact) mass is 271 g/mol. The molecule has 3 nitrogen and oxygen atoms in total. The first-order valence-electron chi connectivity index (χ1n) is 6.57. The zero-order valence-corrected chi connectivity index (χ0v) is 11.4. The number of hydrogen-bond donors (Lipinski definition) is 1. The van der Waals surface area contributed by atoms with Crippen molar-refractivity contribution in [1.82, 2.24) is 9.97 Å². The van der Waals surface area contributed by atoms with Crippen molar-refractivity contribution in [3.05, 3.63) is 17.3 Å². The minimum absolute atomic E-state index is 0.0744.